The van der Waals surface area contributed by atoms with Gasteiger partial charge < -0.3 is 4.74 Å². The molecule has 0 aliphatic carbocycles. The van der Waals surface area contributed by atoms with Gasteiger partial charge in [-0.3, -0.25) is 4.98 Å². The molecule has 0 aliphatic rings. The maximum Gasteiger partial charge on any atom is 0.119 e. The largest absolute Gasteiger partial charge is 0.497 e. The van der Waals surface area contributed by atoms with Crippen molar-refractivity contribution in [3.05, 3.63) is 59.8 Å². The summed E-state index contributed by atoms with van der Waals surface area (Å²) in [5, 5.41) is 11.3. The zero-order valence-corrected chi connectivity index (χ0v) is 12.6. The van der Waals surface area contributed by atoms with Crippen molar-refractivity contribution in [1.82, 2.24) is 4.98 Å². The number of hydrogen-bond donors (Lipinski definition) is 0. The van der Waals surface area contributed by atoms with Crippen LogP contribution in [-0.4, -0.2) is 12.1 Å². The van der Waals surface area contributed by atoms with Gasteiger partial charge in [-0.2, -0.15) is 5.26 Å². The molecule has 22 heavy (non-hydrogen) atoms. The molecular formula is C19H16N2O. The minimum Gasteiger partial charge on any atom is -0.497 e. The highest BCUT2D eigenvalue weighted by Gasteiger charge is 2.08. The second kappa shape index (κ2) is 5.87. The minimum absolute atomic E-state index is 0.642. The Kier molecular flexibility index (Phi) is 3.76. The van der Waals surface area contributed by atoms with Crippen LogP contribution in [0.3, 0.4) is 0 Å². The minimum atomic E-state index is 0.642. The Hall–Kier alpha value is -2.86. The molecule has 0 unspecified atom stereocenters. The van der Waals surface area contributed by atoms with Crippen LogP contribution in [0.5, 0.6) is 5.75 Å². The van der Waals surface area contributed by atoms with Crippen molar-refractivity contribution in [3.63, 3.8) is 0 Å². The van der Waals surface area contributed by atoms with E-state index in [0.29, 0.717) is 5.56 Å². The van der Waals surface area contributed by atoms with Gasteiger partial charge in [0.1, 0.15) is 5.75 Å². The van der Waals surface area contributed by atoms with Crippen LogP contribution in [0.25, 0.3) is 22.0 Å². The van der Waals surface area contributed by atoms with Crippen LogP contribution < -0.4 is 4.74 Å². The summed E-state index contributed by atoms with van der Waals surface area (Å²) in [7, 11) is 1.67. The predicted molar refractivity (Wildman–Crippen MR) is 87.8 cm³/mol. The molecule has 0 bridgehead atoms. The van der Waals surface area contributed by atoms with Crippen LogP contribution >= 0.6 is 0 Å². The fraction of sp³-hybridized carbons (Fsp3) is 0.158. The lowest BCUT2D eigenvalue weighted by atomic mass is 10.0. The van der Waals surface area contributed by atoms with Crippen molar-refractivity contribution < 1.29 is 4.74 Å². The second-order valence-electron chi connectivity index (χ2n) is 5.09. The van der Waals surface area contributed by atoms with E-state index in [1.165, 1.54) is 0 Å². The monoisotopic (exact) mass is 288 g/mol. The highest BCUT2D eigenvalue weighted by molar-refractivity contribution is 5.89. The van der Waals surface area contributed by atoms with Crippen molar-refractivity contribution >= 4 is 10.8 Å². The smallest absolute Gasteiger partial charge is 0.119 e. The first-order valence-corrected chi connectivity index (χ1v) is 7.23. The summed E-state index contributed by atoms with van der Waals surface area (Å²) in [5.41, 5.74) is 3.54. The number of ether oxygens (including phenoxy) is 1. The molecule has 3 heteroatoms. The number of nitriles is 1. The Labute approximate surface area is 129 Å². The number of methoxy groups -OCH3 is 1. The SMILES string of the molecule is CCc1nc(-c2cccc(C#N)c2)cc2cc(OC)ccc12. The van der Waals surface area contributed by atoms with Gasteiger partial charge >= 0.3 is 0 Å². The summed E-state index contributed by atoms with van der Waals surface area (Å²) in [6.07, 6.45) is 0.856. The van der Waals surface area contributed by atoms with Gasteiger partial charge in [0.15, 0.2) is 0 Å². The molecule has 0 aliphatic heterocycles. The number of rotatable bonds is 3. The first-order chi connectivity index (χ1) is 10.7. The molecule has 0 amide bonds. The Bertz CT molecular complexity index is 878. The van der Waals surface area contributed by atoms with Crippen molar-refractivity contribution in [2.45, 2.75) is 13.3 Å². The highest BCUT2D eigenvalue weighted by Crippen LogP contribution is 2.28. The van der Waals surface area contributed by atoms with E-state index in [0.717, 1.165) is 39.9 Å². The average Bonchev–Trinajstić information content (AvgIpc) is 2.60. The number of hydrogen-bond acceptors (Lipinski definition) is 3. The summed E-state index contributed by atoms with van der Waals surface area (Å²) < 4.78 is 5.31. The van der Waals surface area contributed by atoms with Gasteiger partial charge in [0.05, 0.1) is 24.4 Å². The fourth-order valence-electron chi connectivity index (χ4n) is 2.60. The van der Waals surface area contributed by atoms with Gasteiger partial charge in [-0.05, 0) is 48.2 Å². The molecule has 0 spiro atoms. The Balaban J connectivity index is 2.23. The summed E-state index contributed by atoms with van der Waals surface area (Å²) >= 11 is 0. The number of fused-ring (bicyclic) bond motifs is 1. The first kappa shape index (κ1) is 14.1. The van der Waals surface area contributed by atoms with E-state index in [2.05, 4.69) is 19.1 Å². The van der Waals surface area contributed by atoms with Crippen molar-refractivity contribution in [2.24, 2.45) is 0 Å². The Morgan fingerprint density at radius 3 is 2.73 bits per heavy atom. The third-order valence-electron chi connectivity index (χ3n) is 3.74. The van der Waals surface area contributed by atoms with Gasteiger partial charge in [-0.25, -0.2) is 0 Å². The molecule has 1 heterocycles. The fourth-order valence-corrected chi connectivity index (χ4v) is 2.60. The molecule has 2 aromatic carbocycles. The lowest BCUT2D eigenvalue weighted by Gasteiger charge is -2.10. The van der Waals surface area contributed by atoms with Crippen molar-refractivity contribution in [2.75, 3.05) is 7.11 Å². The number of pyridine rings is 1. The molecule has 0 saturated carbocycles. The van der Waals surface area contributed by atoms with Crippen LogP contribution in [0.4, 0.5) is 0 Å². The maximum atomic E-state index is 9.06. The van der Waals surface area contributed by atoms with E-state index >= 15 is 0 Å². The Morgan fingerprint density at radius 1 is 1.14 bits per heavy atom. The Morgan fingerprint density at radius 2 is 2.00 bits per heavy atom. The normalized spacial score (nSPS) is 10.4. The summed E-state index contributed by atoms with van der Waals surface area (Å²) in [6, 6.07) is 17.8. The zero-order valence-electron chi connectivity index (χ0n) is 12.6. The molecule has 3 aromatic rings. The van der Waals surface area contributed by atoms with Crippen LogP contribution in [-0.2, 0) is 6.42 Å². The van der Waals surface area contributed by atoms with Crippen molar-refractivity contribution in [3.8, 4) is 23.1 Å². The lowest BCUT2D eigenvalue weighted by molar-refractivity contribution is 0.415. The number of aryl methyl sites for hydroxylation is 1. The summed E-state index contributed by atoms with van der Waals surface area (Å²) in [5.74, 6) is 0.831. The number of benzene rings is 2. The zero-order chi connectivity index (χ0) is 15.5. The van der Waals surface area contributed by atoms with Crippen LogP contribution in [0.2, 0.25) is 0 Å². The summed E-state index contributed by atoms with van der Waals surface area (Å²) in [4.78, 5) is 4.77. The van der Waals surface area contributed by atoms with Gasteiger partial charge in [0, 0.05) is 16.6 Å². The molecule has 0 saturated heterocycles. The topological polar surface area (TPSA) is 45.9 Å². The molecule has 0 radical (unpaired) electrons. The molecule has 0 fully saturated rings. The standard InChI is InChI=1S/C19H16N2O/c1-3-18-17-8-7-16(22-2)10-15(17)11-19(21-18)14-6-4-5-13(9-14)12-20/h4-11H,3H2,1-2H3. The van der Waals surface area contributed by atoms with E-state index in [1.54, 1.807) is 13.2 Å². The van der Waals surface area contributed by atoms with E-state index in [-0.39, 0.29) is 0 Å². The van der Waals surface area contributed by atoms with E-state index in [9.17, 15) is 0 Å². The van der Waals surface area contributed by atoms with Crippen molar-refractivity contribution in [1.29, 1.82) is 5.26 Å². The van der Waals surface area contributed by atoms with E-state index in [4.69, 9.17) is 15.0 Å². The molecule has 1 aromatic heterocycles. The predicted octanol–water partition coefficient (Wildman–Crippen LogP) is 4.34. The number of nitrogens with zero attached hydrogens (tertiary/aromatic N) is 2. The first-order valence-electron chi connectivity index (χ1n) is 7.23. The second-order valence-corrected chi connectivity index (χ2v) is 5.09. The quantitative estimate of drug-likeness (QED) is 0.720. The van der Waals surface area contributed by atoms with Gasteiger partial charge in [0.25, 0.3) is 0 Å². The van der Waals surface area contributed by atoms with E-state index < -0.39 is 0 Å². The van der Waals surface area contributed by atoms with Gasteiger partial charge in [0.2, 0.25) is 0 Å². The van der Waals surface area contributed by atoms with Gasteiger partial charge in [-0.15, -0.1) is 0 Å². The average molecular weight is 288 g/mol. The third-order valence-corrected chi connectivity index (χ3v) is 3.74. The third kappa shape index (κ3) is 2.51. The molecule has 3 rings (SSSR count). The van der Waals surface area contributed by atoms with Crippen LogP contribution in [0.1, 0.15) is 18.2 Å². The van der Waals surface area contributed by atoms with Crippen LogP contribution in [0, 0.1) is 11.3 Å². The van der Waals surface area contributed by atoms with Crippen LogP contribution in [0.15, 0.2) is 48.5 Å². The number of aromatic nitrogens is 1. The molecule has 0 atom stereocenters. The van der Waals surface area contributed by atoms with Gasteiger partial charge in [-0.1, -0.05) is 19.1 Å². The summed E-state index contributed by atoms with van der Waals surface area (Å²) in [6.45, 7) is 2.10. The maximum absolute atomic E-state index is 9.06. The highest BCUT2D eigenvalue weighted by atomic mass is 16.5. The molecule has 3 nitrogen and oxygen atoms in total. The lowest BCUT2D eigenvalue weighted by Crippen LogP contribution is -1.94. The van der Waals surface area contributed by atoms with E-state index in [1.807, 2.05) is 36.4 Å². The molecular weight excluding hydrogens is 272 g/mol. The molecule has 108 valence electrons. The molecule has 0 N–H and O–H groups in total.